The zero-order valence-electron chi connectivity index (χ0n) is 20.6. The van der Waals surface area contributed by atoms with Gasteiger partial charge in [0.15, 0.2) is 5.11 Å². The van der Waals surface area contributed by atoms with E-state index >= 15 is 0 Å². The summed E-state index contributed by atoms with van der Waals surface area (Å²) >= 11 is 18.6. The largest absolute Gasteiger partial charge is 0.331 e. The van der Waals surface area contributed by atoms with Gasteiger partial charge >= 0.3 is 0 Å². The lowest BCUT2D eigenvalue weighted by Crippen LogP contribution is -2.31. The van der Waals surface area contributed by atoms with Crippen LogP contribution in [-0.4, -0.2) is 20.8 Å². The van der Waals surface area contributed by atoms with Crippen molar-refractivity contribution < 1.29 is 0 Å². The molecule has 0 saturated carbocycles. The minimum Gasteiger partial charge on any atom is -0.331 e. The van der Waals surface area contributed by atoms with E-state index in [4.69, 9.17) is 40.5 Å². The summed E-state index contributed by atoms with van der Waals surface area (Å²) in [6.07, 6.45) is 0.450. The molecule has 0 amide bonds. The van der Waals surface area contributed by atoms with Crippen LogP contribution in [0.15, 0.2) is 113 Å². The number of pyridine rings is 1. The van der Waals surface area contributed by atoms with Crippen molar-refractivity contribution >= 4 is 62.8 Å². The molecule has 8 heteroatoms. The van der Waals surface area contributed by atoms with Gasteiger partial charge in [-0.15, -0.1) is 0 Å². The molecule has 5 aromatic rings. The second-order valence-corrected chi connectivity index (χ2v) is 10.5. The van der Waals surface area contributed by atoms with Crippen LogP contribution in [0.2, 0.25) is 10.0 Å². The number of anilines is 1. The molecule has 0 aliphatic carbocycles. The number of para-hydroxylation sites is 1. The quantitative estimate of drug-likeness (QED) is 0.215. The molecule has 0 spiro atoms. The van der Waals surface area contributed by atoms with Crippen LogP contribution in [0, 0.1) is 0 Å². The Morgan fingerprint density at radius 2 is 1.59 bits per heavy atom. The third-order valence-electron chi connectivity index (χ3n) is 6.70. The number of thiocarbonyl (C=S) groups is 1. The van der Waals surface area contributed by atoms with Gasteiger partial charge in [-0.3, -0.25) is 4.79 Å². The molecule has 0 bridgehead atoms. The number of nitrogens with zero attached hydrogens (tertiary/aromatic N) is 2. The summed E-state index contributed by atoms with van der Waals surface area (Å²) in [7, 11) is 0. The average Bonchev–Trinajstić information content (AvgIpc) is 3.39. The maximum Gasteiger partial charge on any atom is 0.258 e. The van der Waals surface area contributed by atoms with Gasteiger partial charge in [0, 0.05) is 38.6 Å². The van der Waals surface area contributed by atoms with Crippen molar-refractivity contribution in [1.29, 1.82) is 0 Å². The number of aromatic nitrogens is 1. The third-order valence-corrected chi connectivity index (χ3v) is 7.46. The number of nitrogens with one attached hydrogen (secondary N) is 2. The number of rotatable bonds is 4. The highest BCUT2D eigenvalue weighted by atomic mass is 35.5. The first-order valence-corrected chi connectivity index (χ1v) is 13.5. The molecule has 1 atom stereocenters. The SMILES string of the molecule is O=c1[nH]c2ccc(Cl)cc2c(-c2ccccc2)c1C1=NN(C(=S)Nc2ccccc2)[C@H](c2cccc(Cl)c2)C1. The van der Waals surface area contributed by atoms with E-state index in [1.165, 1.54) is 0 Å². The maximum atomic E-state index is 13.7. The Kier molecular flexibility index (Phi) is 6.92. The van der Waals surface area contributed by atoms with Crippen LogP contribution >= 0.6 is 35.4 Å². The van der Waals surface area contributed by atoms with Crippen molar-refractivity contribution in [2.24, 2.45) is 5.10 Å². The van der Waals surface area contributed by atoms with Crippen LogP contribution in [0.1, 0.15) is 23.6 Å². The second-order valence-electron chi connectivity index (χ2n) is 9.22. The highest BCUT2D eigenvalue weighted by Gasteiger charge is 2.34. The van der Waals surface area contributed by atoms with Crippen molar-refractivity contribution in [3.8, 4) is 11.1 Å². The van der Waals surface area contributed by atoms with Gasteiger partial charge in [-0.25, -0.2) is 5.01 Å². The Balaban J connectivity index is 1.53. The molecule has 1 aliphatic rings. The highest BCUT2D eigenvalue weighted by Crippen LogP contribution is 2.38. The van der Waals surface area contributed by atoms with Crippen LogP contribution in [0.5, 0.6) is 0 Å². The van der Waals surface area contributed by atoms with Gasteiger partial charge in [0.2, 0.25) is 0 Å². The lowest BCUT2D eigenvalue weighted by Gasteiger charge is -2.25. The minimum absolute atomic E-state index is 0.226. The lowest BCUT2D eigenvalue weighted by atomic mass is 9.91. The first-order valence-electron chi connectivity index (χ1n) is 12.4. The van der Waals surface area contributed by atoms with Gasteiger partial charge in [-0.1, -0.05) is 83.9 Å². The van der Waals surface area contributed by atoms with Crippen LogP contribution in [0.25, 0.3) is 22.0 Å². The monoisotopic (exact) mass is 568 g/mol. The van der Waals surface area contributed by atoms with E-state index in [1.807, 2.05) is 97.1 Å². The van der Waals surface area contributed by atoms with Crippen molar-refractivity contribution in [3.63, 3.8) is 0 Å². The topological polar surface area (TPSA) is 60.5 Å². The summed E-state index contributed by atoms with van der Waals surface area (Å²) in [6, 6.07) is 32.4. The predicted octanol–water partition coefficient (Wildman–Crippen LogP) is 8.05. The molecule has 2 N–H and O–H groups in total. The van der Waals surface area contributed by atoms with Crippen LogP contribution < -0.4 is 10.9 Å². The lowest BCUT2D eigenvalue weighted by molar-refractivity contribution is 0.375. The Morgan fingerprint density at radius 1 is 0.872 bits per heavy atom. The van der Waals surface area contributed by atoms with Gasteiger partial charge in [-0.2, -0.15) is 5.10 Å². The predicted molar refractivity (Wildman–Crippen MR) is 165 cm³/mol. The summed E-state index contributed by atoms with van der Waals surface area (Å²) in [6.45, 7) is 0. The first-order chi connectivity index (χ1) is 19.0. The zero-order valence-corrected chi connectivity index (χ0v) is 22.9. The van der Waals surface area contributed by atoms with Crippen molar-refractivity contribution in [2.75, 3.05) is 5.32 Å². The Labute approximate surface area is 240 Å². The molecule has 5 nitrogen and oxygen atoms in total. The number of H-pyrrole nitrogens is 1. The third kappa shape index (κ3) is 5.06. The number of benzene rings is 4. The number of hydrazone groups is 1. The molecule has 1 aromatic heterocycles. The Bertz CT molecular complexity index is 1790. The second kappa shape index (κ2) is 10.7. The molecule has 0 saturated heterocycles. The minimum atomic E-state index is -0.263. The molecule has 0 unspecified atom stereocenters. The van der Waals surface area contributed by atoms with Crippen molar-refractivity contribution in [1.82, 2.24) is 9.99 Å². The normalized spacial score (nSPS) is 14.9. The number of hydrogen-bond acceptors (Lipinski definition) is 3. The fourth-order valence-electron chi connectivity index (χ4n) is 4.97. The Hall–Kier alpha value is -3.97. The van der Waals surface area contributed by atoms with Gasteiger partial charge in [0.25, 0.3) is 5.56 Å². The van der Waals surface area contributed by atoms with Gasteiger partial charge in [-0.05, 0) is 65.8 Å². The van der Waals surface area contributed by atoms with Gasteiger partial charge in [0.1, 0.15) is 0 Å². The molecular formula is C31H22Cl2N4OS. The molecule has 0 fully saturated rings. The van der Waals surface area contributed by atoms with E-state index in [9.17, 15) is 4.79 Å². The summed E-state index contributed by atoms with van der Waals surface area (Å²) in [5.41, 5.74) is 5.07. The summed E-state index contributed by atoms with van der Waals surface area (Å²) in [5, 5.41) is 12.5. The Morgan fingerprint density at radius 3 is 2.33 bits per heavy atom. The van der Waals surface area contributed by atoms with E-state index in [2.05, 4.69) is 10.3 Å². The number of halogens is 2. The van der Waals surface area contributed by atoms with E-state index in [1.54, 1.807) is 11.1 Å². The fraction of sp³-hybridized carbons (Fsp3) is 0.0645. The molecule has 4 aromatic carbocycles. The highest BCUT2D eigenvalue weighted by molar-refractivity contribution is 7.80. The maximum absolute atomic E-state index is 13.7. The molecule has 0 radical (unpaired) electrons. The first kappa shape index (κ1) is 25.3. The van der Waals surface area contributed by atoms with Gasteiger partial charge < -0.3 is 10.3 Å². The van der Waals surface area contributed by atoms with Crippen molar-refractivity contribution in [3.05, 3.63) is 135 Å². The van der Waals surface area contributed by atoms with Crippen LogP contribution in [0.3, 0.4) is 0 Å². The van der Waals surface area contributed by atoms with E-state index in [-0.39, 0.29) is 11.6 Å². The molecule has 1 aliphatic heterocycles. The number of aromatic amines is 1. The summed E-state index contributed by atoms with van der Waals surface area (Å²) < 4.78 is 0. The number of hydrogen-bond donors (Lipinski definition) is 2. The van der Waals surface area contributed by atoms with Crippen LogP contribution in [-0.2, 0) is 0 Å². The van der Waals surface area contributed by atoms with E-state index in [0.29, 0.717) is 38.4 Å². The van der Waals surface area contributed by atoms with E-state index < -0.39 is 0 Å². The zero-order chi connectivity index (χ0) is 26.9. The van der Waals surface area contributed by atoms with Crippen LogP contribution in [0.4, 0.5) is 5.69 Å². The summed E-state index contributed by atoms with van der Waals surface area (Å²) in [4.78, 5) is 16.7. The average molecular weight is 570 g/mol. The smallest absolute Gasteiger partial charge is 0.258 e. The molecular weight excluding hydrogens is 547 g/mol. The fourth-order valence-corrected chi connectivity index (χ4v) is 5.63. The molecule has 192 valence electrons. The standard InChI is InChI=1S/C31H22Cl2N4OS/c32-21-11-7-10-20(16-21)27-18-26(36-37(27)31(39)34-23-12-5-2-6-13-23)29-28(19-8-3-1-4-9-19)24-17-22(33)14-15-25(24)35-30(29)38/h1-17,27H,18H2,(H,34,39)(H,35,38)/t27-/m0/s1. The molecule has 6 rings (SSSR count). The molecule has 2 heterocycles. The van der Waals surface area contributed by atoms with Gasteiger partial charge in [0.05, 0.1) is 17.3 Å². The molecule has 39 heavy (non-hydrogen) atoms. The number of fused-ring (bicyclic) bond motifs is 1. The van der Waals surface area contributed by atoms with E-state index in [0.717, 1.165) is 27.8 Å². The summed E-state index contributed by atoms with van der Waals surface area (Å²) in [5.74, 6) is 0. The van der Waals surface area contributed by atoms with Crippen molar-refractivity contribution in [2.45, 2.75) is 12.5 Å².